The van der Waals surface area contributed by atoms with E-state index in [1.165, 1.54) is 7.11 Å². The highest BCUT2D eigenvalue weighted by atomic mass is 35.5. The van der Waals surface area contributed by atoms with Crippen LogP contribution >= 0.6 is 11.6 Å². The van der Waals surface area contributed by atoms with Gasteiger partial charge in [-0.05, 0) is 17.7 Å². The molecule has 0 bridgehead atoms. The van der Waals surface area contributed by atoms with E-state index in [-0.39, 0.29) is 6.10 Å². The molecule has 1 unspecified atom stereocenters. The lowest BCUT2D eigenvalue weighted by molar-refractivity contribution is -0.116. The van der Waals surface area contributed by atoms with Crippen LogP contribution in [0.3, 0.4) is 0 Å². The van der Waals surface area contributed by atoms with Gasteiger partial charge in [-0.15, -0.1) is 0 Å². The van der Waals surface area contributed by atoms with Crippen LogP contribution in [0.4, 0.5) is 0 Å². The van der Waals surface area contributed by atoms with E-state index < -0.39 is 0 Å². The monoisotopic (exact) mass is 198 g/mol. The van der Waals surface area contributed by atoms with Crippen LogP contribution in [0, 0.1) is 0 Å². The van der Waals surface area contributed by atoms with Crippen LogP contribution in [0.1, 0.15) is 5.56 Å². The number of halogens is 1. The fourth-order valence-corrected chi connectivity index (χ4v) is 1.30. The number of methoxy groups -OCH3 is 1. The maximum Gasteiger partial charge on any atom is 0.149 e. The van der Waals surface area contributed by atoms with E-state index in [2.05, 4.69) is 0 Å². The van der Waals surface area contributed by atoms with Crippen molar-refractivity contribution in [1.82, 2.24) is 0 Å². The molecule has 13 heavy (non-hydrogen) atoms. The van der Waals surface area contributed by atoms with E-state index in [1.807, 2.05) is 18.2 Å². The third kappa shape index (κ3) is 3.17. The molecule has 3 heteroatoms. The van der Waals surface area contributed by atoms with Crippen molar-refractivity contribution in [3.63, 3.8) is 0 Å². The molecule has 0 saturated heterocycles. The molecule has 0 amide bonds. The normalized spacial score (nSPS) is 12.5. The molecule has 0 aliphatic rings. The van der Waals surface area contributed by atoms with Crippen molar-refractivity contribution in [2.24, 2.45) is 0 Å². The Morgan fingerprint density at radius 2 is 2.38 bits per heavy atom. The van der Waals surface area contributed by atoms with Gasteiger partial charge in [0.15, 0.2) is 0 Å². The predicted octanol–water partition coefficient (Wildman–Crippen LogP) is 2.10. The van der Waals surface area contributed by atoms with Gasteiger partial charge in [0, 0.05) is 18.6 Å². The van der Waals surface area contributed by atoms with E-state index in [0.29, 0.717) is 11.4 Å². The second-order valence-corrected chi connectivity index (χ2v) is 3.18. The topological polar surface area (TPSA) is 26.3 Å². The smallest absolute Gasteiger partial charge is 0.149 e. The van der Waals surface area contributed by atoms with Crippen LogP contribution in [0.25, 0.3) is 0 Å². The van der Waals surface area contributed by atoms with Crippen LogP contribution in [0.2, 0.25) is 5.02 Å². The Morgan fingerprint density at radius 3 is 2.92 bits per heavy atom. The highest BCUT2D eigenvalue weighted by Gasteiger charge is 2.06. The first kappa shape index (κ1) is 10.2. The summed E-state index contributed by atoms with van der Waals surface area (Å²) >= 11 is 5.79. The SMILES string of the molecule is COC(C=O)Cc1cccc(Cl)c1. The van der Waals surface area contributed by atoms with Gasteiger partial charge in [0.1, 0.15) is 12.4 Å². The molecule has 1 rings (SSSR count). The zero-order valence-corrected chi connectivity index (χ0v) is 8.12. The first-order chi connectivity index (χ1) is 6.26. The summed E-state index contributed by atoms with van der Waals surface area (Å²) in [5.74, 6) is 0. The summed E-state index contributed by atoms with van der Waals surface area (Å²) in [5, 5.41) is 0.679. The van der Waals surface area contributed by atoms with Crippen molar-refractivity contribution in [3.05, 3.63) is 34.9 Å². The van der Waals surface area contributed by atoms with Crippen LogP contribution in [-0.2, 0) is 16.0 Å². The average molecular weight is 199 g/mol. The summed E-state index contributed by atoms with van der Waals surface area (Å²) in [4.78, 5) is 10.5. The molecule has 0 radical (unpaired) electrons. The van der Waals surface area contributed by atoms with Crippen molar-refractivity contribution in [2.75, 3.05) is 7.11 Å². The van der Waals surface area contributed by atoms with Gasteiger partial charge in [0.25, 0.3) is 0 Å². The standard InChI is InChI=1S/C10H11ClO2/c1-13-10(7-12)6-8-3-2-4-9(11)5-8/h2-5,7,10H,6H2,1H3. The van der Waals surface area contributed by atoms with E-state index in [9.17, 15) is 4.79 Å². The van der Waals surface area contributed by atoms with Gasteiger partial charge >= 0.3 is 0 Å². The predicted molar refractivity (Wildman–Crippen MR) is 52.0 cm³/mol. The van der Waals surface area contributed by atoms with Crippen molar-refractivity contribution < 1.29 is 9.53 Å². The van der Waals surface area contributed by atoms with E-state index >= 15 is 0 Å². The molecule has 0 spiro atoms. The number of rotatable bonds is 4. The minimum atomic E-state index is -0.376. The molecule has 70 valence electrons. The first-order valence-electron chi connectivity index (χ1n) is 3.99. The molecule has 0 aromatic heterocycles. The Hall–Kier alpha value is -0.860. The third-order valence-electron chi connectivity index (χ3n) is 1.78. The highest BCUT2D eigenvalue weighted by Crippen LogP contribution is 2.12. The van der Waals surface area contributed by atoms with Gasteiger partial charge in [-0.2, -0.15) is 0 Å². The van der Waals surface area contributed by atoms with Crippen molar-refractivity contribution in [2.45, 2.75) is 12.5 Å². The summed E-state index contributed by atoms with van der Waals surface area (Å²) < 4.78 is 4.93. The van der Waals surface area contributed by atoms with Crippen molar-refractivity contribution in [1.29, 1.82) is 0 Å². The van der Waals surface area contributed by atoms with Crippen LogP contribution < -0.4 is 0 Å². The molecule has 0 N–H and O–H groups in total. The lowest BCUT2D eigenvalue weighted by Gasteiger charge is -2.07. The number of hydrogen-bond donors (Lipinski definition) is 0. The molecule has 1 aromatic rings. The van der Waals surface area contributed by atoms with E-state index in [1.54, 1.807) is 6.07 Å². The summed E-state index contributed by atoms with van der Waals surface area (Å²) in [6, 6.07) is 7.40. The zero-order valence-electron chi connectivity index (χ0n) is 7.37. The number of ether oxygens (including phenoxy) is 1. The number of carbonyl (C=O) groups is 1. The Kier molecular flexibility index (Phi) is 3.93. The van der Waals surface area contributed by atoms with Gasteiger partial charge in [-0.25, -0.2) is 0 Å². The highest BCUT2D eigenvalue weighted by molar-refractivity contribution is 6.30. The molecule has 2 nitrogen and oxygen atoms in total. The second kappa shape index (κ2) is 5.00. The lowest BCUT2D eigenvalue weighted by Crippen LogP contribution is -2.15. The maximum absolute atomic E-state index is 10.5. The minimum absolute atomic E-state index is 0.376. The molecule has 0 saturated carbocycles. The van der Waals surface area contributed by atoms with E-state index in [0.717, 1.165) is 11.8 Å². The number of benzene rings is 1. The molecular formula is C10H11ClO2. The average Bonchev–Trinajstić information content (AvgIpc) is 2.14. The largest absolute Gasteiger partial charge is 0.374 e. The van der Waals surface area contributed by atoms with Gasteiger partial charge in [-0.3, -0.25) is 0 Å². The molecule has 0 aliphatic carbocycles. The number of hydrogen-bond acceptors (Lipinski definition) is 2. The summed E-state index contributed by atoms with van der Waals surface area (Å²) in [6.07, 6.45) is 0.986. The Balaban J connectivity index is 2.67. The fraction of sp³-hybridized carbons (Fsp3) is 0.300. The van der Waals surface area contributed by atoms with Crippen molar-refractivity contribution >= 4 is 17.9 Å². The maximum atomic E-state index is 10.5. The summed E-state index contributed by atoms with van der Waals surface area (Å²) in [7, 11) is 1.52. The second-order valence-electron chi connectivity index (χ2n) is 2.74. The van der Waals surface area contributed by atoms with E-state index in [4.69, 9.17) is 16.3 Å². The summed E-state index contributed by atoms with van der Waals surface area (Å²) in [6.45, 7) is 0. The van der Waals surface area contributed by atoms with Gasteiger partial charge in [0.2, 0.25) is 0 Å². The Bertz CT molecular complexity index is 286. The first-order valence-corrected chi connectivity index (χ1v) is 4.36. The van der Waals surface area contributed by atoms with Gasteiger partial charge in [-0.1, -0.05) is 23.7 Å². The Labute approximate surface area is 82.5 Å². The number of carbonyl (C=O) groups excluding carboxylic acids is 1. The summed E-state index contributed by atoms with van der Waals surface area (Å²) in [5.41, 5.74) is 1.01. The lowest BCUT2D eigenvalue weighted by atomic mass is 10.1. The van der Waals surface area contributed by atoms with Gasteiger partial charge < -0.3 is 9.53 Å². The molecule has 1 atom stereocenters. The molecule has 0 heterocycles. The molecular weight excluding hydrogens is 188 g/mol. The fourth-order valence-electron chi connectivity index (χ4n) is 1.08. The Morgan fingerprint density at radius 1 is 1.62 bits per heavy atom. The van der Waals surface area contributed by atoms with Crippen LogP contribution in [0.15, 0.2) is 24.3 Å². The van der Waals surface area contributed by atoms with Crippen LogP contribution in [0.5, 0.6) is 0 Å². The third-order valence-corrected chi connectivity index (χ3v) is 2.02. The van der Waals surface area contributed by atoms with Gasteiger partial charge in [0.05, 0.1) is 0 Å². The molecule has 1 aromatic carbocycles. The minimum Gasteiger partial charge on any atom is -0.374 e. The molecule has 0 fully saturated rings. The quantitative estimate of drug-likeness (QED) is 0.693. The number of aldehydes is 1. The molecule has 0 aliphatic heterocycles. The zero-order chi connectivity index (χ0) is 9.68. The van der Waals surface area contributed by atoms with Crippen LogP contribution in [-0.4, -0.2) is 19.5 Å². The van der Waals surface area contributed by atoms with Crippen molar-refractivity contribution in [3.8, 4) is 0 Å².